The quantitative estimate of drug-likeness (QED) is 0.607. The van der Waals surface area contributed by atoms with Crippen molar-refractivity contribution in [2.75, 3.05) is 7.11 Å². The number of methoxy groups -OCH3 is 1. The summed E-state index contributed by atoms with van der Waals surface area (Å²) >= 11 is 12.2. The molecule has 1 aromatic carbocycles. The first kappa shape index (κ1) is 20.2. The third-order valence-electron chi connectivity index (χ3n) is 3.28. The Bertz CT molecular complexity index is 639. The van der Waals surface area contributed by atoms with Crippen LogP contribution in [0.15, 0.2) is 30.3 Å². The molecule has 0 saturated heterocycles. The van der Waals surface area contributed by atoms with Crippen molar-refractivity contribution in [3.63, 3.8) is 0 Å². The summed E-state index contributed by atoms with van der Waals surface area (Å²) in [4.78, 5) is 11.9. The van der Waals surface area contributed by atoms with Crippen molar-refractivity contribution < 1.29 is 17.9 Å². The van der Waals surface area contributed by atoms with Gasteiger partial charge in [-0.2, -0.15) is 0 Å². The number of benzene rings is 1. The van der Waals surface area contributed by atoms with Crippen LogP contribution in [0.5, 0.6) is 0 Å². The Morgan fingerprint density at radius 2 is 1.74 bits per heavy atom. The van der Waals surface area contributed by atoms with E-state index in [9.17, 15) is 13.2 Å². The van der Waals surface area contributed by atoms with Crippen molar-refractivity contribution in [3.8, 4) is 0 Å². The highest BCUT2D eigenvalue weighted by atomic mass is 35.5. The lowest BCUT2D eigenvalue weighted by atomic mass is 10.0. The Labute approximate surface area is 147 Å². The van der Waals surface area contributed by atoms with Gasteiger partial charge in [0.15, 0.2) is 0 Å². The normalized spacial score (nSPS) is 14.3. The highest BCUT2D eigenvalue weighted by molar-refractivity contribution is 7.90. The Balaban J connectivity index is 3.19. The minimum Gasteiger partial charge on any atom is -0.467 e. The molecular formula is C15H21Cl2NO4S. The van der Waals surface area contributed by atoms with Crippen LogP contribution < -0.4 is 4.72 Å². The number of nitrogens with one attached hydrogen (secondary N) is 1. The average Bonchev–Trinajstić information content (AvgIpc) is 2.45. The van der Waals surface area contributed by atoms with Crippen LogP contribution in [0, 0.1) is 0 Å². The molecule has 5 nitrogen and oxygen atoms in total. The number of carbonyl (C=O) groups is 1. The molecule has 0 heterocycles. The first-order chi connectivity index (χ1) is 10.4. The molecule has 0 spiro atoms. The van der Waals surface area contributed by atoms with Gasteiger partial charge < -0.3 is 4.74 Å². The molecule has 8 heteroatoms. The van der Waals surface area contributed by atoms with E-state index in [4.69, 9.17) is 23.2 Å². The predicted octanol–water partition coefficient (Wildman–Crippen LogP) is 2.66. The van der Waals surface area contributed by atoms with Crippen LogP contribution in [0.25, 0.3) is 0 Å². The van der Waals surface area contributed by atoms with E-state index >= 15 is 0 Å². The van der Waals surface area contributed by atoms with E-state index in [0.29, 0.717) is 0 Å². The molecule has 0 fully saturated rings. The summed E-state index contributed by atoms with van der Waals surface area (Å²) in [6.45, 7) is 4.62. The van der Waals surface area contributed by atoms with Gasteiger partial charge in [-0.3, -0.25) is 0 Å². The number of sulfonamides is 1. The van der Waals surface area contributed by atoms with Gasteiger partial charge in [0.2, 0.25) is 14.4 Å². The number of ether oxygens (including phenoxy) is 1. The molecule has 0 unspecified atom stereocenters. The second-order valence-corrected chi connectivity index (χ2v) is 9.94. The van der Waals surface area contributed by atoms with Crippen LogP contribution >= 0.6 is 23.2 Å². The second kappa shape index (κ2) is 7.38. The van der Waals surface area contributed by atoms with Crippen LogP contribution in [-0.2, 0) is 26.0 Å². The van der Waals surface area contributed by atoms with Gasteiger partial charge >= 0.3 is 5.97 Å². The third-order valence-corrected chi connectivity index (χ3v) is 6.32. The monoisotopic (exact) mass is 381 g/mol. The molecule has 1 rings (SSSR count). The molecule has 0 radical (unpaired) electrons. The van der Waals surface area contributed by atoms with Crippen LogP contribution in [0.1, 0.15) is 26.3 Å². The fourth-order valence-electron chi connectivity index (χ4n) is 1.74. The molecule has 1 N–H and O–H groups in total. The molecule has 0 aliphatic rings. The summed E-state index contributed by atoms with van der Waals surface area (Å²) in [5.41, 5.74) is 0.781. The van der Waals surface area contributed by atoms with Crippen molar-refractivity contribution in [1.82, 2.24) is 4.72 Å². The molecule has 0 aromatic heterocycles. The lowest BCUT2D eigenvalue weighted by Crippen LogP contribution is -2.55. The Morgan fingerprint density at radius 1 is 1.22 bits per heavy atom. The van der Waals surface area contributed by atoms with Crippen molar-refractivity contribution in [1.29, 1.82) is 0 Å². The zero-order valence-corrected chi connectivity index (χ0v) is 15.8. The number of hydrogen-bond acceptors (Lipinski definition) is 4. The summed E-state index contributed by atoms with van der Waals surface area (Å²) in [5.74, 6) is -0.918. The topological polar surface area (TPSA) is 72.5 Å². The van der Waals surface area contributed by atoms with Crippen molar-refractivity contribution in [2.24, 2.45) is 0 Å². The summed E-state index contributed by atoms with van der Waals surface area (Å²) in [5, 5.41) is 0. The van der Waals surface area contributed by atoms with Gasteiger partial charge in [0.25, 0.3) is 0 Å². The molecule has 0 saturated carbocycles. The Morgan fingerprint density at radius 3 is 2.17 bits per heavy atom. The number of halogens is 2. The fraction of sp³-hybridized carbons (Fsp3) is 0.533. The van der Waals surface area contributed by atoms with E-state index in [2.05, 4.69) is 9.46 Å². The van der Waals surface area contributed by atoms with Crippen LogP contribution in [0.2, 0.25) is 0 Å². The zero-order valence-electron chi connectivity index (χ0n) is 13.5. The largest absolute Gasteiger partial charge is 0.467 e. The van der Waals surface area contributed by atoms with Gasteiger partial charge in [-0.1, -0.05) is 53.5 Å². The molecular weight excluding hydrogens is 361 g/mol. The highest BCUT2D eigenvalue weighted by Crippen LogP contribution is 2.31. The average molecular weight is 382 g/mol. The van der Waals surface area contributed by atoms with Gasteiger partial charge in [-0.05, 0) is 32.8 Å². The summed E-state index contributed by atoms with van der Waals surface area (Å²) in [6.07, 6.45) is 0.137. The molecule has 0 amide bonds. The molecule has 130 valence electrons. The lowest BCUT2D eigenvalue weighted by molar-refractivity contribution is -0.142. The SMILES string of the molecule is COC(=O)C(Cl)(Cl)[C@H](Cc1ccccc1)NS(=O)(=O)C(C)(C)C. The van der Waals surface area contributed by atoms with E-state index in [-0.39, 0.29) is 6.42 Å². The molecule has 0 aliphatic carbocycles. The van der Waals surface area contributed by atoms with Crippen LogP contribution in [0.3, 0.4) is 0 Å². The number of rotatable bonds is 6. The fourth-order valence-corrected chi connectivity index (χ4v) is 3.27. The highest BCUT2D eigenvalue weighted by Gasteiger charge is 2.47. The summed E-state index contributed by atoms with van der Waals surface area (Å²) < 4.78 is 28.8. The van der Waals surface area contributed by atoms with Crippen LogP contribution in [0.4, 0.5) is 0 Å². The molecule has 1 atom stereocenters. The minimum atomic E-state index is -3.77. The van der Waals surface area contributed by atoms with Gasteiger partial charge in [0, 0.05) is 0 Å². The number of hydrogen-bond donors (Lipinski definition) is 1. The number of carbonyl (C=O) groups excluding carboxylic acids is 1. The Hall–Kier alpha value is -0.820. The molecule has 0 aliphatic heterocycles. The smallest absolute Gasteiger partial charge is 0.344 e. The van der Waals surface area contributed by atoms with Gasteiger partial charge in [-0.15, -0.1) is 0 Å². The molecule has 0 bridgehead atoms. The summed E-state index contributed by atoms with van der Waals surface area (Å²) in [6, 6.07) is 7.93. The second-order valence-electron chi connectivity index (χ2n) is 6.09. The van der Waals surface area contributed by atoms with Crippen molar-refractivity contribution in [3.05, 3.63) is 35.9 Å². The minimum absolute atomic E-state index is 0.137. The number of esters is 1. The van der Waals surface area contributed by atoms with Crippen LogP contribution in [-0.4, -0.2) is 36.6 Å². The van der Waals surface area contributed by atoms with E-state index in [1.807, 2.05) is 6.07 Å². The zero-order chi connectivity index (χ0) is 17.9. The third kappa shape index (κ3) is 5.08. The van der Waals surface area contributed by atoms with E-state index in [0.717, 1.165) is 12.7 Å². The predicted molar refractivity (Wildman–Crippen MR) is 92.2 cm³/mol. The van der Waals surface area contributed by atoms with E-state index in [1.165, 1.54) is 20.8 Å². The standard InChI is InChI=1S/C15H21Cl2NO4S/c1-14(2,3)23(20,21)18-12(15(16,17)13(19)22-4)10-11-8-6-5-7-9-11/h5-9,12,18H,10H2,1-4H3/t12-/m0/s1. The Kier molecular flexibility index (Phi) is 6.49. The molecule has 1 aromatic rings. The number of alkyl halides is 2. The summed E-state index contributed by atoms with van der Waals surface area (Å²) in [7, 11) is -2.63. The first-order valence-corrected chi connectivity index (χ1v) is 9.17. The van der Waals surface area contributed by atoms with Gasteiger partial charge in [0.1, 0.15) is 0 Å². The van der Waals surface area contributed by atoms with Crippen molar-refractivity contribution in [2.45, 2.75) is 42.3 Å². The van der Waals surface area contributed by atoms with Gasteiger partial charge in [-0.25, -0.2) is 17.9 Å². The van der Waals surface area contributed by atoms with E-state index < -0.39 is 31.1 Å². The van der Waals surface area contributed by atoms with Gasteiger partial charge in [0.05, 0.1) is 17.9 Å². The lowest BCUT2D eigenvalue weighted by Gasteiger charge is -2.31. The maximum absolute atomic E-state index is 12.4. The van der Waals surface area contributed by atoms with E-state index in [1.54, 1.807) is 24.3 Å². The first-order valence-electron chi connectivity index (χ1n) is 6.94. The molecule has 23 heavy (non-hydrogen) atoms. The van der Waals surface area contributed by atoms with Crippen molar-refractivity contribution >= 4 is 39.2 Å². The maximum Gasteiger partial charge on any atom is 0.344 e. The maximum atomic E-state index is 12.4.